The summed E-state index contributed by atoms with van der Waals surface area (Å²) in [5.74, 6) is 0.0729. The number of likely N-dealkylation sites (N-methyl/N-ethyl adjacent to an activating group) is 2. The van der Waals surface area contributed by atoms with Crippen molar-refractivity contribution in [1.82, 2.24) is 9.80 Å². The first-order valence-electron chi connectivity index (χ1n) is 11.9. The average Bonchev–Trinajstić information content (AvgIpc) is 3.19. The minimum Gasteiger partial charge on any atom is -0.481 e. The molecule has 1 heterocycles. The van der Waals surface area contributed by atoms with Gasteiger partial charge >= 0.3 is 11.8 Å². The van der Waals surface area contributed by atoms with E-state index in [1.807, 2.05) is 12.1 Å². The van der Waals surface area contributed by atoms with Gasteiger partial charge < -0.3 is 24.6 Å². The summed E-state index contributed by atoms with van der Waals surface area (Å²) in [4.78, 5) is 40.7. The molecule has 0 aromatic heterocycles. The highest BCUT2D eigenvalue weighted by atomic mass is 79.9. The van der Waals surface area contributed by atoms with Crippen LogP contribution in [0.2, 0.25) is 5.02 Å². The van der Waals surface area contributed by atoms with E-state index in [-0.39, 0.29) is 12.5 Å². The molecule has 1 atom stereocenters. The fourth-order valence-electron chi connectivity index (χ4n) is 4.00. The molecule has 1 unspecified atom stereocenters. The number of rotatable bonds is 7. The van der Waals surface area contributed by atoms with Crippen molar-refractivity contribution in [2.24, 2.45) is 0 Å². The Morgan fingerprint density at radius 1 is 1.13 bits per heavy atom. The van der Waals surface area contributed by atoms with Crippen molar-refractivity contribution in [2.75, 3.05) is 26.0 Å². The van der Waals surface area contributed by atoms with Crippen LogP contribution in [0.25, 0.3) is 0 Å². The summed E-state index contributed by atoms with van der Waals surface area (Å²) in [6.45, 7) is 2.59. The zero-order valence-electron chi connectivity index (χ0n) is 21.2. The average molecular weight is 601 g/mol. The van der Waals surface area contributed by atoms with Crippen LogP contribution >= 0.6 is 27.5 Å². The van der Waals surface area contributed by atoms with Crippen LogP contribution in [0.15, 0.2) is 65.1 Å². The van der Waals surface area contributed by atoms with Gasteiger partial charge in [0.2, 0.25) is 0 Å². The zero-order chi connectivity index (χ0) is 27.4. The van der Waals surface area contributed by atoms with Gasteiger partial charge in [0.1, 0.15) is 17.2 Å². The Morgan fingerprint density at radius 2 is 1.92 bits per heavy atom. The standard InChI is InChI=1S/C28H27BrClN3O5/c1-17-13-22(37-24-11-12-32(2)27(24)35)9-10-23(17)31-26(34)28(36)33(3)16-18-7-8-19(29)14-25(18)38-21-6-4-5-20(30)15-21/h4-10,13-15,24H,11-12,16H2,1-3H3,(H,31,34). The summed E-state index contributed by atoms with van der Waals surface area (Å²) in [6.07, 6.45) is 0.110. The zero-order valence-corrected chi connectivity index (χ0v) is 23.5. The molecule has 0 spiro atoms. The van der Waals surface area contributed by atoms with Gasteiger partial charge in [-0.05, 0) is 61.0 Å². The third-order valence-electron chi connectivity index (χ3n) is 6.10. The number of hydrogen-bond donors (Lipinski definition) is 1. The molecule has 38 heavy (non-hydrogen) atoms. The second-order valence-electron chi connectivity index (χ2n) is 9.06. The third-order valence-corrected chi connectivity index (χ3v) is 6.83. The van der Waals surface area contributed by atoms with E-state index in [0.29, 0.717) is 52.1 Å². The number of anilines is 1. The molecule has 0 radical (unpaired) electrons. The van der Waals surface area contributed by atoms with Gasteiger partial charge in [-0.2, -0.15) is 0 Å². The Hall–Kier alpha value is -3.56. The van der Waals surface area contributed by atoms with Gasteiger partial charge in [-0.3, -0.25) is 14.4 Å². The summed E-state index contributed by atoms with van der Waals surface area (Å²) in [5, 5.41) is 3.21. The monoisotopic (exact) mass is 599 g/mol. The lowest BCUT2D eigenvalue weighted by molar-refractivity contribution is -0.142. The second kappa shape index (κ2) is 11.9. The Morgan fingerprint density at radius 3 is 2.61 bits per heavy atom. The molecule has 3 aromatic rings. The number of likely N-dealkylation sites (tertiary alicyclic amines) is 1. The number of aryl methyl sites for hydroxylation is 1. The SMILES string of the molecule is Cc1cc(OC2CCN(C)C2=O)ccc1NC(=O)C(=O)N(C)Cc1ccc(Br)cc1Oc1cccc(Cl)c1. The molecular weight excluding hydrogens is 574 g/mol. The molecule has 8 nitrogen and oxygen atoms in total. The molecular formula is C28H27BrClN3O5. The van der Waals surface area contributed by atoms with Gasteiger partial charge in [0.05, 0.1) is 0 Å². The highest BCUT2D eigenvalue weighted by Gasteiger charge is 2.31. The lowest BCUT2D eigenvalue weighted by Crippen LogP contribution is -2.36. The second-order valence-corrected chi connectivity index (χ2v) is 10.4. The quantitative estimate of drug-likeness (QED) is 0.367. The number of amides is 3. The first kappa shape index (κ1) is 27.5. The van der Waals surface area contributed by atoms with Gasteiger partial charge in [-0.1, -0.05) is 39.7 Å². The molecule has 0 aliphatic carbocycles. The van der Waals surface area contributed by atoms with Crippen molar-refractivity contribution in [2.45, 2.75) is 26.0 Å². The number of ether oxygens (including phenoxy) is 2. The first-order chi connectivity index (χ1) is 18.1. The molecule has 1 N–H and O–H groups in total. The van der Waals surface area contributed by atoms with E-state index in [9.17, 15) is 14.4 Å². The molecule has 1 aliphatic rings. The topological polar surface area (TPSA) is 88.2 Å². The highest BCUT2D eigenvalue weighted by molar-refractivity contribution is 9.10. The lowest BCUT2D eigenvalue weighted by Gasteiger charge is -2.20. The normalized spacial score (nSPS) is 14.8. The van der Waals surface area contributed by atoms with Crippen molar-refractivity contribution >= 4 is 50.9 Å². The molecule has 0 bridgehead atoms. The van der Waals surface area contributed by atoms with E-state index in [4.69, 9.17) is 21.1 Å². The predicted molar refractivity (Wildman–Crippen MR) is 149 cm³/mol. The Labute approximate surface area is 234 Å². The maximum absolute atomic E-state index is 12.9. The number of carbonyl (C=O) groups excluding carboxylic acids is 3. The van der Waals surface area contributed by atoms with Crippen LogP contribution in [-0.4, -0.2) is 54.3 Å². The highest BCUT2D eigenvalue weighted by Crippen LogP contribution is 2.31. The number of carbonyl (C=O) groups is 3. The van der Waals surface area contributed by atoms with Crippen LogP contribution in [0.1, 0.15) is 17.5 Å². The van der Waals surface area contributed by atoms with Crippen LogP contribution in [0.5, 0.6) is 17.2 Å². The Bertz CT molecular complexity index is 1380. The minimum atomic E-state index is -0.772. The third kappa shape index (κ3) is 6.65. The van der Waals surface area contributed by atoms with E-state index in [2.05, 4.69) is 21.2 Å². The van der Waals surface area contributed by atoms with Gasteiger partial charge in [0, 0.05) is 54.4 Å². The van der Waals surface area contributed by atoms with Gasteiger partial charge in [-0.25, -0.2) is 0 Å². The van der Waals surface area contributed by atoms with Crippen LogP contribution in [0.4, 0.5) is 5.69 Å². The Kier molecular flexibility index (Phi) is 8.58. The maximum atomic E-state index is 12.9. The number of nitrogens with zero attached hydrogens (tertiary/aromatic N) is 2. The largest absolute Gasteiger partial charge is 0.481 e. The number of benzene rings is 3. The van der Waals surface area contributed by atoms with E-state index in [0.717, 1.165) is 4.47 Å². The summed E-state index contributed by atoms with van der Waals surface area (Å²) in [6, 6.07) is 17.5. The molecule has 0 saturated carbocycles. The van der Waals surface area contributed by atoms with Crippen molar-refractivity contribution in [3.8, 4) is 17.2 Å². The van der Waals surface area contributed by atoms with Crippen molar-refractivity contribution in [1.29, 1.82) is 0 Å². The van der Waals surface area contributed by atoms with E-state index in [1.54, 1.807) is 74.4 Å². The lowest BCUT2D eigenvalue weighted by atomic mass is 10.1. The molecule has 3 amide bonds. The van der Waals surface area contributed by atoms with Crippen molar-refractivity contribution in [3.63, 3.8) is 0 Å². The van der Waals surface area contributed by atoms with E-state index in [1.165, 1.54) is 4.90 Å². The first-order valence-corrected chi connectivity index (χ1v) is 13.1. The van der Waals surface area contributed by atoms with Crippen LogP contribution < -0.4 is 14.8 Å². The van der Waals surface area contributed by atoms with Gasteiger partial charge in [-0.15, -0.1) is 0 Å². The summed E-state index contributed by atoms with van der Waals surface area (Å²) < 4.78 is 12.6. The van der Waals surface area contributed by atoms with Crippen molar-refractivity contribution < 1.29 is 23.9 Å². The molecule has 1 saturated heterocycles. The van der Waals surface area contributed by atoms with Crippen molar-refractivity contribution in [3.05, 3.63) is 81.3 Å². The fourth-order valence-corrected chi connectivity index (χ4v) is 4.52. The van der Waals surface area contributed by atoms with Gasteiger partial charge in [0.15, 0.2) is 6.10 Å². The van der Waals surface area contributed by atoms with E-state index < -0.39 is 17.9 Å². The Balaban J connectivity index is 1.40. The maximum Gasteiger partial charge on any atom is 0.313 e. The van der Waals surface area contributed by atoms with Crippen LogP contribution in [0, 0.1) is 6.92 Å². The summed E-state index contributed by atoms with van der Waals surface area (Å²) >= 11 is 9.51. The van der Waals surface area contributed by atoms with E-state index >= 15 is 0 Å². The smallest absolute Gasteiger partial charge is 0.313 e. The molecule has 1 fully saturated rings. The number of halogens is 2. The molecule has 4 rings (SSSR count). The fraction of sp³-hybridized carbons (Fsp3) is 0.250. The predicted octanol–water partition coefficient (Wildman–Crippen LogP) is 5.41. The van der Waals surface area contributed by atoms with Crippen LogP contribution in [-0.2, 0) is 20.9 Å². The van der Waals surface area contributed by atoms with Gasteiger partial charge in [0.25, 0.3) is 5.91 Å². The molecule has 1 aliphatic heterocycles. The number of nitrogens with one attached hydrogen (secondary N) is 1. The molecule has 198 valence electrons. The summed E-state index contributed by atoms with van der Waals surface area (Å²) in [5.41, 5.74) is 1.89. The van der Waals surface area contributed by atoms with Crippen LogP contribution in [0.3, 0.4) is 0 Å². The molecule has 3 aromatic carbocycles. The number of hydrogen-bond acceptors (Lipinski definition) is 5. The summed E-state index contributed by atoms with van der Waals surface area (Å²) in [7, 11) is 3.29. The molecule has 10 heteroatoms. The minimum absolute atomic E-state index is 0.0550.